The van der Waals surface area contributed by atoms with E-state index in [2.05, 4.69) is 10.3 Å². The first-order chi connectivity index (χ1) is 15.1. The number of piperidine rings is 1. The van der Waals surface area contributed by atoms with Gasteiger partial charge in [-0.25, -0.2) is 13.6 Å². The third kappa shape index (κ3) is 6.13. The van der Waals surface area contributed by atoms with Gasteiger partial charge < -0.3 is 21.1 Å². The number of pyridine rings is 1. The van der Waals surface area contributed by atoms with E-state index in [9.17, 15) is 18.4 Å². The third-order valence-corrected chi connectivity index (χ3v) is 6.53. The maximum absolute atomic E-state index is 13.9. The molecule has 1 spiro atoms. The standard InChI is InChI=1S/C14H15F2N4O.C8H13NO2/c15-14(16,10-2-1-7-19-8-10)4-3-11(18)12(21)20-13(9-17)5-6-13;10-7(11)9-5-3-8(1-2-8)4-6-9/h1-2,7-8,11,18H,3-6H2,(H,20,21);1-6H2,(H,10,11)/q-1;/t11-;/m0./s1. The molecule has 2 saturated carbocycles. The molecule has 8 nitrogen and oxygen atoms in total. The summed E-state index contributed by atoms with van der Waals surface area (Å²) in [6.07, 6.45) is 6.79. The van der Waals surface area contributed by atoms with E-state index in [1.165, 1.54) is 36.1 Å². The van der Waals surface area contributed by atoms with Gasteiger partial charge in [0.15, 0.2) is 0 Å². The molecule has 2 amide bonds. The fourth-order valence-electron chi connectivity index (χ4n) is 3.74. The van der Waals surface area contributed by atoms with Gasteiger partial charge in [-0.05, 0) is 56.1 Å². The van der Waals surface area contributed by atoms with Crippen LogP contribution < -0.4 is 5.32 Å². The normalized spacial score (nSPS) is 20.9. The second kappa shape index (κ2) is 9.36. The molecule has 1 atom stereocenters. The molecule has 3 fully saturated rings. The minimum atomic E-state index is -3.12. The van der Waals surface area contributed by atoms with Gasteiger partial charge in [-0.15, -0.1) is 0 Å². The van der Waals surface area contributed by atoms with Crippen LogP contribution in [0.4, 0.5) is 13.6 Å². The summed E-state index contributed by atoms with van der Waals surface area (Å²) in [5.74, 6) is -3.80. The summed E-state index contributed by atoms with van der Waals surface area (Å²) < 4.78 is 27.8. The topological polar surface area (TPSA) is 130 Å². The van der Waals surface area contributed by atoms with Crippen molar-refractivity contribution in [3.05, 3.63) is 35.8 Å². The molecule has 32 heavy (non-hydrogen) atoms. The maximum Gasteiger partial charge on any atom is 0.407 e. The van der Waals surface area contributed by atoms with Crippen molar-refractivity contribution in [2.24, 2.45) is 5.41 Å². The van der Waals surface area contributed by atoms with Crippen LogP contribution in [0.3, 0.4) is 0 Å². The Kier molecular flexibility index (Phi) is 6.98. The lowest BCUT2D eigenvalue weighted by Gasteiger charge is -2.29. The number of hydrogen-bond donors (Lipinski definition) is 2. The molecular formula is C22H28F2N5O3-. The number of alkyl halides is 2. The Labute approximate surface area is 185 Å². The molecule has 0 unspecified atom stereocenters. The van der Waals surface area contributed by atoms with Gasteiger partial charge in [-0.1, -0.05) is 12.5 Å². The Morgan fingerprint density at radius 3 is 2.41 bits per heavy atom. The molecule has 0 radical (unpaired) electrons. The second-order valence-electron chi connectivity index (χ2n) is 8.99. The largest absolute Gasteiger partial charge is 0.667 e. The van der Waals surface area contributed by atoms with E-state index in [1.807, 2.05) is 6.07 Å². The van der Waals surface area contributed by atoms with Crippen LogP contribution in [-0.4, -0.2) is 51.7 Å². The highest BCUT2D eigenvalue weighted by Gasteiger charge is 2.45. The van der Waals surface area contributed by atoms with Crippen molar-refractivity contribution in [1.82, 2.24) is 15.2 Å². The summed E-state index contributed by atoms with van der Waals surface area (Å²) in [7, 11) is 0. The van der Waals surface area contributed by atoms with Gasteiger partial charge in [0.25, 0.3) is 5.92 Å². The van der Waals surface area contributed by atoms with Gasteiger partial charge >= 0.3 is 6.09 Å². The highest BCUT2D eigenvalue weighted by atomic mass is 19.3. The third-order valence-electron chi connectivity index (χ3n) is 6.53. The number of likely N-dealkylation sites (tertiary alicyclic amines) is 1. The number of hydrogen-bond acceptors (Lipinski definition) is 4. The molecule has 1 saturated heterocycles. The zero-order chi connectivity index (χ0) is 23.4. The first kappa shape index (κ1) is 23.9. The van der Waals surface area contributed by atoms with Crippen molar-refractivity contribution in [2.45, 2.75) is 68.9 Å². The first-order valence-electron chi connectivity index (χ1n) is 10.8. The monoisotopic (exact) mass is 448 g/mol. The molecule has 0 bridgehead atoms. The van der Waals surface area contributed by atoms with Crippen LogP contribution in [-0.2, 0) is 10.7 Å². The van der Waals surface area contributed by atoms with E-state index in [4.69, 9.17) is 16.1 Å². The molecule has 3 N–H and O–H groups in total. The molecule has 2 heterocycles. The first-order valence-corrected chi connectivity index (χ1v) is 10.8. The zero-order valence-electron chi connectivity index (χ0n) is 17.8. The number of nitriles is 1. The van der Waals surface area contributed by atoms with Gasteiger partial charge in [-0.2, -0.15) is 5.26 Å². The molecule has 2 aliphatic carbocycles. The maximum atomic E-state index is 13.9. The molecule has 174 valence electrons. The number of amides is 2. The predicted octanol–water partition coefficient (Wildman–Crippen LogP) is 4.09. The van der Waals surface area contributed by atoms with E-state index in [0.29, 0.717) is 18.3 Å². The lowest BCUT2D eigenvalue weighted by Crippen LogP contribution is -2.41. The summed E-state index contributed by atoms with van der Waals surface area (Å²) >= 11 is 0. The minimum Gasteiger partial charge on any atom is -0.667 e. The SMILES string of the molecule is N#CC1(NC(=O)[C@@H]([NH-])CCC(F)(F)c2cccnc2)CC1.O=C(O)N1CCC2(CC1)CC2. The molecule has 3 aliphatic rings. The number of carbonyl (C=O) groups excluding carboxylic acids is 1. The van der Waals surface area contributed by atoms with Crippen molar-refractivity contribution < 1.29 is 23.5 Å². The van der Waals surface area contributed by atoms with Gasteiger partial charge in [0, 0.05) is 37.5 Å². The average Bonchev–Trinajstić information content (AvgIpc) is 3.72. The lowest BCUT2D eigenvalue weighted by atomic mass is 9.94. The zero-order valence-corrected chi connectivity index (χ0v) is 17.8. The molecule has 4 rings (SSSR count). The number of rotatable bonds is 6. The number of carboxylic acid groups (broad SMARTS) is 1. The van der Waals surface area contributed by atoms with E-state index in [1.54, 1.807) is 0 Å². The second-order valence-corrected chi connectivity index (χ2v) is 8.99. The summed E-state index contributed by atoms with van der Waals surface area (Å²) in [5, 5.41) is 19.9. The van der Waals surface area contributed by atoms with Crippen LogP contribution >= 0.6 is 0 Å². The van der Waals surface area contributed by atoms with Gasteiger partial charge in [0.1, 0.15) is 5.54 Å². The Bertz CT molecular complexity index is 856. The summed E-state index contributed by atoms with van der Waals surface area (Å²) in [6, 6.07) is 3.34. The highest BCUT2D eigenvalue weighted by Crippen LogP contribution is 2.53. The average molecular weight is 448 g/mol. The van der Waals surface area contributed by atoms with E-state index >= 15 is 0 Å². The molecular weight excluding hydrogens is 420 g/mol. The van der Waals surface area contributed by atoms with E-state index in [-0.39, 0.29) is 12.0 Å². The lowest BCUT2D eigenvalue weighted by molar-refractivity contribution is -0.122. The molecule has 1 aliphatic heterocycles. The predicted molar refractivity (Wildman–Crippen MR) is 112 cm³/mol. The number of aromatic nitrogens is 1. The van der Waals surface area contributed by atoms with Crippen LogP contribution in [0.1, 0.15) is 56.9 Å². The molecule has 0 aromatic carbocycles. The van der Waals surface area contributed by atoms with Crippen molar-refractivity contribution in [3.8, 4) is 6.07 Å². The van der Waals surface area contributed by atoms with Crippen LogP contribution in [0.15, 0.2) is 24.5 Å². The van der Waals surface area contributed by atoms with E-state index < -0.39 is 35.9 Å². The molecule has 1 aromatic heterocycles. The smallest absolute Gasteiger partial charge is 0.407 e. The van der Waals surface area contributed by atoms with Crippen molar-refractivity contribution >= 4 is 12.0 Å². The number of nitrogens with one attached hydrogen (secondary N) is 2. The van der Waals surface area contributed by atoms with Gasteiger partial charge in [0.2, 0.25) is 5.91 Å². The van der Waals surface area contributed by atoms with Crippen molar-refractivity contribution in [3.63, 3.8) is 0 Å². The Balaban J connectivity index is 0.000000219. The summed E-state index contributed by atoms with van der Waals surface area (Å²) in [4.78, 5) is 27.4. The number of carbonyl (C=O) groups is 2. The van der Waals surface area contributed by atoms with Crippen molar-refractivity contribution in [2.75, 3.05) is 13.1 Å². The molecule has 10 heteroatoms. The highest BCUT2D eigenvalue weighted by molar-refractivity contribution is 5.84. The van der Waals surface area contributed by atoms with Crippen LogP contribution in [0.2, 0.25) is 0 Å². The Morgan fingerprint density at radius 1 is 1.28 bits per heavy atom. The van der Waals surface area contributed by atoms with E-state index in [0.717, 1.165) is 32.1 Å². The van der Waals surface area contributed by atoms with Gasteiger partial charge in [0.05, 0.1) is 6.07 Å². The van der Waals surface area contributed by atoms with Crippen molar-refractivity contribution in [1.29, 1.82) is 5.26 Å². The molecule has 1 aromatic rings. The number of halogens is 2. The van der Waals surface area contributed by atoms with Crippen LogP contribution in [0.5, 0.6) is 0 Å². The minimum absolute atomic E-state index is 0.228. The van der Waals surface area contributed by atoms with Crippen LogP contribution in [0.25, 0.3) is 5.73 Å². The Hall–Kier alpha value is -2.80. The van der Waals surface area contributed by atoms with Crippen LogP contribution in [0, 0.1) is 16.7 Å². The fraction of sp³-hybridized carbons (Fsp3) is 0.636. The quantitative estimate of drug-likeness (QED) is 0.677. The summed E-state index contributed by atoms with van der Waals surface area (Å²) in [6.45, 7) is 1.52. The summed E-state index contributed by atoms with van der Waals surface area (Å²) in [5.41, 5.74) is 7.12. The number of nitrogens with zero attached hydrogens (tertiary/aromatic N) is 3. The Morgan fingerprint density at radius 2 is 1.94 bits per heavy atom. The fourth-order valence-corrected chi connectivity index (χ4v) is 3.74. The van der Waals surface area contributed by atoms with Gasteiger partial charge in [-0.3, -0.25) is 9.78 Å².